The fourth-order valence-electron chi connectivity index (χ4n) is 8.38. The van der Waals surface area contributed by atoms with E-state index in [1.165, 1.54) is 16.7 Å². The summed E-state index contributed by atoms with van der Waals surface area (Å²) in [6.45, 7) is 0.732. The van der Waals surface area contributed by atoms with Crippen molar-refractivity contribution in [3.63, 3.8) is 0 Å². The van der Waals surface area contributed by atoms with Crippen LogP contribution in [0.3, 0.4) is 0 Å². The Bertz CT molecular complexity index is 2920. The van der Waals surface area contributed by atoms with Gasteiger partial charge in [-0.3, -0.25) is 4.98 Å². The zero-order valence-electron chi connectivity index (χ0n) is 28.8. The topological polar surface area (TPSA) is 32.3 Å². The average Bonchev–Trinajstić information content (AvgIpc) is 3.62. The van der Waals surface area contributed by atoms with Gasteiger partial charge in [-0.05, 0) is 69.8 Å². The van der Waals surface area contributed by atoms with E-state index in [4.69, 9.17) is 9.40 Å². The van der Waals surface area contributed by atoms with Crippen LogP contribution >= 0.6 is 0 Å². The first-order chi connectivity index (χ1) is 26.3. The van der Waals surface area contributed by atoms with E-state index in [1.54, 1.807) is 0 Å². The van der Waals surface area contributed by atoms with E-state index in [9.17, 15) is 0 Å². The number of furan rings is 1. The molecule has 3 heterocycles. The predicted octanol–water partition coefficient (Wildman–Crippen LogP) is 12.7. The molecule has 53 heavy (non-hydrogen) atoms. The first kappa shape index (κ1) is 29.7. The van der Waals surface area contributed by atoms with Crippen molar-refractivity contribution < 1.29 is 4.42 Å². The Kier molecular flexibility index (Phi) is 6.58. The van der Waals surface area contributed by atoms with Crippen LogP contribution in [0.1, 0.15) is 0 Å². The number of rotatable bonds is 3. The number of nitrogens with zero attached hydrogens (tertiary/aromatic N) is 3. The van der Waals surface area contributed by atoms with Crippen LogP contribution in [0.15, 0.2) is 180 Å². The first-order valence-electron chi connectivity index (χ1n) is 18.1. The highest BCUT2D eigenvalue weighted by Gasteiger charge is 2.32. The lowest BCUT2D eigenvalue weighted by molar-refractivity contribution is 0.670. The van der Waals surface area contributed by atoms with Crippen molar-refractivity contribution in [3.05, 3.63) is 176 Å². The summed E-state index contributed by atoms with van der Waals surface area (Å²) in [5, 5.41) is 2.26. The summed E-state index contributed by atoms with van der Waals surface area (Å²) in [6.07, 6.45) is 4.21. The van der Waals surface area contributed by atoms with Crippen molar-refractivity contribution in [1.82, 2.24) is 9.56 Å². The fraction of sp³-hybridized carbons (Fsp3) is 0.0204. The summed E-state index contributed by atoms with van der Waals surface area (Å²) in [4.78, 5) is 7.53. The third-order valence-corrected chi connectivity index (χ3v) is 10.8. The molecule has 0 N–H and O–H groups in total. The SMILES string of the molecule is C1=[N+](c2ccccc2)c2cc3c(cc2N(c2ccccc2)C1)-c1ncccc1-c1ccccc1-c1cc(-c2cccc4c2oc2ccccc24)ccc1-3. The van der Waals surface area contributed by atoms with E-state index in [2.05, 4.69) is 173 Å². The molecule has 1 aliphatic heterocycles. The summed E-state index contributed by atoms with van der Waals surface area (Å²) in [6, 6.07) is 60.8. The maximum atomic E-state index is 6.54. The highest BCUT2D eigenvalue weighted by atomic mass is 16.3. The largest absolute Gasteiger partial charge is 0.455 e. The van der Waals surface area contributed by atoms with Crippen LogP contribution < -0.4 is 9.48 Å². The molecule has 0 atom stereocenters. The lowest BCUT2D eigenvalue weighted by atomic mass is 9.81. The molecule has 0 saturated carbocycles. The van der Waals surface area contributed by atoms with Gasteiger partial charge in [-0.1, -0.05) is 115 Å². The number of hydrogen-bond acceptors (Lipinski definition) is 3. The standard InChI is InChI=1S/C49H32N3O/c1-3-13-33(14-4-1)51-27-28-52(34-15-5-2-6-16-34)46-31-44-43(30-45(46)51)38-25-24-32(35-20-11-21-41-39-19-9-10-23-47(39)53-49(35)41)29-42(38)37-18-8-7-17-36(37)40-22-12-26-50-48(40)44/h1-27,29-31H,28H2/q+1. The molecule has 11 rings (SSSR count). The van der Waals surface area contributed by atoms with Gasteiger partial charge in [0.15, 0.2) is 6.21 Å². The van der Waals surface area contributed by atoms with E-state index in [0.717, 1.165) is 90.3 Å². The molecule has 2 aliphatic rings. The van der Waals surface area contributed by atoms with Crippen molar-refractivity contribution >= 4 is 50.9 Å². The smallest absolute Gasteiger partial charge is 0.235 e. The van der Waals surface area contributed by atoms with E-state index in [1.807, 2.05) is 18.3 Å². The molecule has 0 spiro atoms. The molecule has 4 nitrogen and oxygen atoms in total. The van der Waals surface area contributed by atoms with Gasteiger partial charge in [0.2, 0.25) is 11.4 Å². The molecule has 4 heteroatoms. The summed E-state index contributed by atoms with van der Waals surface area (Å²) in [7, 11) is 0. The summed E-state index contributed by atoms with van der Waals surface area (Å²) >= 11 is 0. The Morgan fingerprint density at radius 3 is 2.06 bits per heavy atom. The minimum atomic E-state index is 0.732. The Hall–Kier alpha value is -7.04. The molecule has 9 aromatic rings. The molecule has 0 bridgehead atoms. The van der Waals surface area contributed by atoms with Gasteiger partial charge in [-0.15, -0.1) is 0 Å². The number of para-hydroxylation sites is 4. The van der Waals surface area contributed by atoms with Crippen LogP contribution in [0.5, 0.6) is 0 Å². The number of aromatic nitrogens is 1. The third-order valence-electron chi connectivity index (χ3n) is 10.8. The number of hydrogen-bond donors (Lipinski definition) is 0. The normalized spacial score (nSPS) is 12.9. The number of benzene rings is 7. The second-order valence-electron chi connectivity index (χ2n) is 13.7. The zero-order chi connectivity index (χ0) is 34.9. The fourth-order valence-corrected chi connectivity index (χ4v) is 8.38. The van der Waals surface area contributed by atoms with E-state index in [0.29, 0.717) is 0 Å². The Labute approximate surface area is 307 Å². The zero-order valence-corrected chi connectivity index (χ0v) is 28.8. The Morgan fingerprint density at radius 2 is 1.19 bits per heavy atom. The van der Waals surface area contributed by atoms with Crippen molar-refractivity contribution in [2.24, 2.45) is 0 Å². The van der Waals surface area contributed by atoms with Gasteiger partial charge in [0.1, 0.15) is 23.4 Å². The molecular formula is C49H32N3O+. The number of fused-ring (bicyclic) bond motifs is 12. The Balaban J connectivity index is 1.21. The van der Waals surface area contributed by atoms with Crippen molar-refractivity contribution in [1.29, 1.82) is 0 Å². The summed E-state index contributed by atoms with van der Waals surface area (Å²) in [5.74, 6) is 0. The monoisotopic (exact) mass is 678 g/mol. The second kappa shape index (κ2) is 11.8. The van der Waals surface area contributed by atoms with Crippen LogP contribution in [0, 0.1) is 0 Å². The van der Waals surface area contributed by atoms with Crippen LogP contribution in [0.4, 0.5) is 22.7 Å². The van der Waals surface area contributed by atoms with Crippen LogP contribution in [-0.2, 0) is 0 Å². The molecule has 0 amide bonds. The van der Waals surface area contributed by atoms with E-state index >= 15 is 0 Å². The van der Waals surface area contributed by atoms with Crippen LogP contribution in [-0.4, -0.2) is 17.7 Å². The van der Waals surface area contributed by atoms with Crippen molar-refractivity contribution in [3.8, 4) is 55.8 Å². The van der Waals surface area contributed by atoms with Crippen molar-refractivity contribution in [2.75, 3.05) is 11.4 Å². The molecule has 2 aromatic heterocycles. The molecule has 0 saturated heterocycles. The summed E-state index contributed by atoms with van der Waals surface area (Å²) < 4.78 is 8.88. The maximum absolute atomic E-state index is 6.54. The minimum absolute atomic E-state index is 0.732. The van der Waals surface area contributed by atoms with Gasteiger partial charge in [0.05, 0.1) is 5.69 Å². The maximum Gasteiger partial charge on any atom is 0.235 e. The predicted molar refractivity (Wildman–Crippen MR) is 220 cm³/mol. The van der Waals surface area contributed by atoms with Gasteiger partial charge in [0, 0.05) is 57.5 Å². The second-order valence-corrected chi connectivity index (χ2v) is 13.7. The van der Waals surface area contributed by atoms with E-state index in [-0.39, 0.29) is 0 Å². The average molecular weight is 679 g/mol. The number of pyridine rings is 1. The van der Waals surface area contributed by atoms with E-state index < -0.39 is 0 Å². The van der Waals surface area contributed by atoms with Gasteiger partial charge < -0.3 is 9.32 Å². The Morgan fingerprint density at radius 1 is 0.509 bits per heavy atom. The molecule has 0 fully saturated rings. The van der Waals surface area contributed by atoms with Gasteiger partial charge in [-0.25, -0.2) is 0 Å². The molecule has 0 radical (unpaired) electrons. The summed E-state index contributed by atoms with van der Waals surface area (Å²) in [5.41, 5.74) is 17.6. The van der Waals surface area contributed by atoms with Gasteiger partial charge >= 0.3 is 0 Å². The molecular weight excluding hydrogens is 647 g/mol. The quantitative estimate of drug-likeness (QED) is 0.174. The molecule has 248 valence electrons. The lowest BCUT2D eigenvalue weighted by Crippen LogP contribution is -2.29. The number of anilines is 2. The molecule has 1 aliphatic carbocycles. The van der Waals surface area contributed by atoms with Crippen LogP contribution in [0.25, 0.3) is 77.7 Å². The highest BCUT2D eigenvalue weighted by molar-refractivity contribution is 6.11. The molecule has 0 unspecified atom stereocenters. The first-order valence-corrected chi connectivity index (χ1v) is 18.1. The third kappa shape index (κ3) is 4.62. The lowest BCUT2D eigenvalue weighted by Gasteiger charge is -2.29. The van der Waals surface area contributed by atoms with Gasteiger partial charge in [-0.2, -0.15) is 4.58 Å². The minimum Gasteiger partial charge on any atom is -0.455 e. The molecule has 7 aromatic carbocycles. The van der Waals surface area contributed by atoms with Crippen LogP contribution in [0.2, 0.25) is 0 Å². The van der Waals surface area contributed by atoms with Gasteiger partial charge in [0.25, 0.3) is 0 Å². The van der Waals surface area contributed by atoms with Crippen molar-refractivity contribution in [2.45, 2.75) is 0 Å². The highest BCUT2D eigenvalue weighted by Crippen LogP contribution is 2.52.